The van der Waals surface area contributed by atoms with E-state index in [1.54, 1.807) is 24.3 Å². The van der Waals surface area contributed by atoms with Crippen molar-refractivity contribution in [2.24, 2.45) is 5.11 Å². The van der Waals surface area contributed by atoms with E-state index < -0.39 is 5.72 Å². The molecule has 1 aromatic carbocycles. The average Bonchev–Trinajstić information content (AvgIpc) is 2.33. The van der Waals surface area contributed by atoms with Crippen molar-refractivity contribution in [1.29, 1.82) is 5.53 Å². The third-order valence-electron chi connectivity index (χ3n) is 2.51. The molecule has 1 aliphatic rings. The highest BCUT2D eigenvalue weighted by Crippen LogP contribution is 2.34. The van der Waals surface area contributed by atoms with Gasteiger partial charge in [-0.3, -0.25) is 0 Å². The maximum Gasteiger partial charge on any atom is 0.263 e. The first-order chi connectivity index (χ1) is 7.68. The Morgan fingerprint density at radius 1 is 1.38 bits per heavy atom. The third-order valence-corrected chi connectivity index (χ3v) is 2.51. The molecule has 16 heavy (non-hydrogen) atoms. The highest BCUT2D eigenvalue weighted by Gasteiger charge is 2.33. The van der Waals surface area contributed by atoms with Gasteiger partial charge in [-0.1, -0.05) is 12.1 Å². The zero-order valence-corrected chi connectivity index (χ0v) is 8.77. The molecule has 1 unspecified atom stereocenters. The van der Waals surface area contributed by atoms with Gasteiger partial charge in [0.15, 0.2) is 0 Å². The summed E-state index contributed by atoms with van der Waals surface area (Å²) in [5.41, 5.74) is 7.40. The monoisotopic (exact) mass is 218 g/mol. The lowest BCUT2D eigenvalue weighted by molar-refractivity contribution is 0.0602. The van der Waals surface area contributed by atoms with E-state index in [0.717, 1.165) is 5.56 Å². The molecule has 2 rings (SSSR count). The van der Waals surface area contributed by atoms with Gasteiger partial charge in [0.2, 0.25) is 0 Å². The van der Waals surface area contributed by atoms with Crippen molar-refractivity contribution in [3.8, 4) is 0 Å². The molecule has 0 saturated carbocycles. The fourth-order valence-electron chi connectivity index (χ4n) is 1.67. The van der Waals surface area contributed by atoms with Crippen LogP contribution in [0.15, 0.2) is 47.8 Å². The van der Waals surface area contributed by atoms with Crippen molar-refractivity contribution in [2.75, 3.05) is 0 Å². The zero-order valence-electron chi connectivity index (χ0n) is 8.77. The maximum absolute atomic E-state index is 13.2. The van der Waals surface area contributed by atoms with Gasteiger partial charge in [-0.05, 0) is 36.8 Å². The van der Waals surface area contributed by atoms with Crippen LogP contribution in [-0.4, -0.2) is 0 Å². The fourth-order valence-corrected chi connectivity index (χ4v) is 1.67. The van der Waals surface area contributed by atoms with Gasteiger partial charge in [-0.25, -0.2) is 9.92 Å². The van der Waals surface area contributed by atoms with E-state index in [2.05, 4.69) is 5.11 Å². The molecule has 82 valence electrons. The van der Waals surface area contributed by atoms with Crippen LogP contribution in [0.25, 0.3) is 0 Å². The highest BCUT2D eigenvalue weighted by molar-refractivity contribution is 5.36. The van der Waals surface area contributed by atoms with Crippen molar-refractivity contribution in [2.45, 2.75) is 12.6 Å². The Balaban J connectivity index is 2.56. The minimum absolute atomic E-state index is 0.366. The molecular weight excluding hydrogens is 207 g/mol. The Labute approximate surface area is 92.8 Å². The molecule has 1 N–H and O–H groups in total. The van der Waals surface area contributed by atoms with Crippen molar-refractivity contribution in [3.05, 3.63) is 59.6 Å². The Morgan fingerprint density at radius 2 is 2.19 bits per heavy atom. The fraction of sp³-hybridized carbons (Fsp3) is 0.167. The lowest BCUT2D eigenvalue weighted by Gasteiger charge is -2.27. The summed E-state index contributed by atoms with van der Waals surface area (Å²) in [5.74, 6) is -0.366. The number of nitrogens with one attached hydrogen (secondary N) is 1. The maximum atomic E-state index is 13.2. The van der Waals surface area contributed by atoms with Crippen molar-refractivity contribution < 1.29 is 9.13 Å². The number of allylic oxidation sites excluding steroid dienone is 2. The summed E-state index contributed by atoms with van der Waals surface area (Å²) in [5, 5.41) is 3.47. The number of halogens is 1. The standard InChI is InChI=1S/C12H11FN2O/c1-9-4-5-10(13)8-11(9)12(15-14)6-2-3-7-16-12/h2-8,14H,1H3. The lowest BCUT2D eigenvalue weighted by Crippen LogP contribution is -2.24. The molecular formula is C12H11FN2O. The van der Waals surface area contributed by atoms with Crippen molar-refractivity contribution in [3.63, 3.8) is 0 Å². The molecule has 1 aromatic rings. The van der Waals surface area contributed by atoms with E-state index in [1.807, 2.05) is 6.92 Å². The van der Waals surface area contributed by atoms with Gasteiger partial charge in [0, 0.05) is 5.56 Å². The summed E-state index contributed by atoms with van der Waals surface area (Å²) in [6, 6.07) is 4.36. The average molecular weight is 218 g/mol. The van der Waals surface area contributed by atoms with Gasteiger partial charge in [0.05, 0.1) is 6.26 Å². The van der Waals surface area contributed by atoms with Crippen LogP contribution < -0.4 is 0 Å². The smallest absolute Gasteiger partial charge is 0.263 e. The summed E-state index contributed by atoms with van der Waals surface area (Å²) in [4.78, 5) is 0. The van der Waals surface area contributed by atoms with Crippen LogP contribution in [0.5, 0.6) is 0 Å². The highest BCUT2D eigenvalue weighted by atomic mass is 19.1. The number of rotatable bonds is 2. The van der Waals surface area contributed by atoms with Gasteiger partial charge in [-0.2, -0.15) is 0 Å². The van der Waals surface area contributed by atoms with E-state index in [1.165, 1.54) is 18.4 Å². The van der Waals surface area contributed by atoms with Gasteiger partial charge in [-0.15, -0.1) is 5.11 Å². The van der Waals surface area contributed by atoms with E-state index in [-0.39, 0.29) is 5.82 Å². The van der Waals surface area contributed by atoms with Gasteiger partial charge >= 0.3 is 0 Å². The Hall–Kier alpha value is -1.97. The predicted octanol–water partition coefficient (Wildman–Crippen LogP) is 3.42. The first kappa shape index (κ1) is 10.5. The number of nitrogens with zero attached hydrogens (tertiary/aromatic N) is 1. The molecule has 1 aliphatic heterocycles. The minimum atomic E-state index is -1.22. The molecule has 1 heterocycles. The van der Waals surface area contributed by atoms with Gasteiger partial charge in [0.25, 0.3) is 5.72 Å². The number of aryl methyl sites for hydroxylation is 1. The molecule has 3 nitrogen and oxygen atoms in total. The Bertz CT molecular complexity index is 482. The van der Waals surface area contributed by atoms with E-state index in [0.29, 0.717) is 5.56 Å². The van der Waals surface area contributed by atoms with E-state index in [9.17, 15) is 4.39 Å². The van der Waals surface area contributed by atoms with Crippen molar-refractivity contribution in [1.82, 2.24) is 0 Å². The Kier molecular flexibility index (Phi) is 2.56. The van der Waals surface area contributed by atoms with Crippen LogP contribution in [0.2, 0.25) is 0 Å². The zero-order chi connectivity index (χ0) is 11.6. The topological polar surface area (TPSA) is 45.4 Å². The molecule has 0 amide bonds. The van der Waals surface area contributed by atoms with Crippen LogP contribution in [0.4, 0.5) is 4.39 Å². The normalized spacial score (nSPS) is 22.9. The molecule has 0 bridgehead atoms. The number of hydrogen-bond donors (Lipinski definition) is 1. The lowest BCUT2D eigenvalue weighted by atomic mass is 9.97. The van der Waals surface area contributed by atoms with Crippen LogP contribution in [0.1, 0.15) is 11.1 Å². The first-order valence-electron chi connectivity index (χ1n) is 4.85. The summed E-state index contributed by atoms with van der Waals surface area (Å²) >= 11 is 0. The second kappa shape index (κ2) is 3.89. The van der Waals surface area contributed by atoms with Crippen LogP contribution in [0, 0.1) is 18.3 Å². The molecule has 0 spiro atoms. The summed E-state index contributed by atoms with van der Waals surface area (Å²) in [6.07, 6.45) is 6.49. The van der Waals surface area contributed by atoms with Gasteiger partial charge in [0.1, 0.15) is 5.82 Å². The molecule has 0 radical (unpaired) electrons. The molecule has 1 atom stereocenters. The third kappa shape index (κ3) is 1.62. The SMILES string of the molecule is Cc1ccc(F)cc1C1(N=N)C=CC=CO1. The summed E-state index contributed by atoms with van der Waals surface area (Å²) < 4.78 is 18.6. The second-order valence-corrected chi connectivity index (χ2v) is 3.57. The van der Waals surface area contributed by atoms with Crippen LogP contribution in [-0.2, 0) is 10.5 Å². The van der Waals surface area contributed by atoms with Crippen LogP contribution >= 0.6 is 0 Å². The molecule has 0 aliphatic carbocycles. The molecule has 0 saturated heterocycles. The van der Waals surface area contributed by atoms with Crippen LogP contribution in [0.3, 0.4) is 0 Å². The molecule has 4 heteroatoms. The largest absolute Gasteiger partial charge is 0.464 e. The first-order valence-corrected chi connectivity index (χ1v) is 4.85. The number of benzene rings is 1. The summed E-state index contributed by atoms with van der Waals surface area (Å²) in [6.45, 7) is 1.83. The predicted molar refractivity (Wildman–Crippen MR) is 57.3 cm³/mol. The second-order valence-electron chi connectivity index (χ2n) is 3.57. The molecule has 0 fully saturated rings. The number of hydrogen-bond acceptors (Lipinski definition) is 3. The quantitative estimate of drug-likeness (QED) is 0.759. The van der Waals surface area contributed by atoms with E-state index in [4.69, 9.17) is 10.3 Å². The van der Waals surface area contributed by atoms with Crippen molar-refractivity contribution >= 4 is 0 Å². The summed E-state index contributed by atoms with van der Waals surface area (Å²) in [7, 11) is 0. The number of ether oxygens (including phenoxy) is 1. The minimum Gasteiger partial charge on any atom is -0.464 e. The molecule has 0 aromatic heterocycles. The van der Waals surface area contributed by atoms with Gasteiger partial charge < -0.3 is 4.74 Å². The van der Waals surface area contributed by atoms with E-state index >= 15 is 0 Å². The Morgan fingerprint density at radius 3 is 2.81 bits per heavy atom.